The first-order valence-corrected chi connectivity index (χ1v) is 8.61. The Balaban J connectivity index is 1.76. The van der Waals surface area contributed by atoms with Crippen LogP contribution in [-0.4, -0.2) is 44.9 Å². The molecule has 0 spiro atoms. The molecule has 7 heteroatoms. The van der Waals surface area contributed by atoms with E-state index in [1.54, 1.807) is 17.2 Å². The van der Waals surface area contributed by atoms with E-state index in [1.807, 2.05) is 26.0 Å². The molecule has 0 radical (unpaired) electrons. The van der Waals surface area contributed by atoms with E-state index in [0.29, 0.717) is 6.54 Å². The van der Waals surface area contributed by atoms with E-state index in [-0.39, 0.29) is 24.8 Å². The van der Waals surface area contributed by atoms with Crippen LogP contribution in [0, 0.1) is 19.8 Å². The van der Waals surface area contributed by atoms with Gasteiger partial charge in [0.05, 0.1) is 23.0 Å². The average molecular weight is 345 g/mol. The first kappa shape index (κ1) is 16.6. The molecule has 0 aromatic carbocycles. The molecule has 1 fully saturated rings. The average Bonchev–Trinajstić information content (AvgIpc) is 3.12. The number of hydrogen-bond acceptors (Lipinski definition) is 5. The molecule has 6 nitrogen and oxygen atoms in total. The molecule has 126 valence electrons. The van der Waals surface area contributed by atoms with Gasteiger partial charge in [0.1, 0.15) is 0 Å². The van der Waals surface area contributed by atoms with E-state index in [1.165, 1.54) is 11.3 Å². The van der Waals surface area contributed by atoms with Crippen LogP contribution in [0.15, 0.2) is 24.4 Å². The summed E-state index contributed by atoms with van der Waals surface area (Å²) in [6, 6.07) is 5.46. The number of hydrogen-bond donors (Lipinski definition) is 1. The number of pyridine rings is 1. The van der Waals surface area contributed by atoms with Crippen LogP contribution in [-0.2, 0) is 16.0 Å². The number of carboxylic acids is 1. The SMILES string of the molecule is Cc1nc(C)c(CC(=O)N2C[C@@H](C(=O)O)[C@H](c3ccccn3)C2)s1. The topological polar surface area (TPSA) is 83.4 Å². The fourth-order valence-electron chi connectivity index (χ4n) is 3.14. The van der Waals surface area contributed by atoms with Gasteiger partial charge in [-0.05, 0) is 26.0 Å². The molecule has 0 aliphatic carbocycles. The number of carboxylic acid groups (broad SMARTS) is 1. The fraction of sp³-hybridized carbons (Fsp3) is 0.412. The largest absolute Gasteiger partial charge is 0.481 e. The first-order chi connectivity index (χ1) is 11.5. The lowest BCUT2D eigenvalue weighted by atomic mass is 9.93. The predicted octanol–water partition coefficient (Wildman–Crippen LogP) is 2.02. The molecule has 1 aliphatic rings. The zero-order chi connectivity index (χ0) is 17.3. The molecule has 0 saturated carbocycles. The van der Waals surface area contributed by atoms with Gasteiger partial charge in [-0.15, -0.1) is 11.3 Å². The Morgan fingerprint density at radius 3 is 2.71 bits per heavy atom. The summed E-state index contributed by atoms with van der Waals surface area (Å²) < 4.78 is 0. The van der Waals surface area contributed by atoms with Gasteiger partial charge in [0.15, 0.2) is 0 Å². The summed E-state index contributed by atoms with van der Waals surface area (Å²) in [7, 11) is 0. The standard InChI is InChI=1S/C17H19N3O3S/c1-10-15(24-11(2)19-10)7-16(21)20-8-12(13(9-20)17(22)23)14-5-3-4-6-18-14/h3-6,12-13H,7-9H2,1-2H3,(H,22,23)/t12-,13-/m1/s1. The van der Waals surface area contributed by atoms with Crippen molar-refractivity contribution < 1.29 is 14.7 Å². The van der Waals surface area contributed by atoms with Crippen molar-refractivity contribution in [1.29, 1.82) is 0 Å². The second kappa shape index (κ2) is 6.68. The third kappa shape index (κ3) is 3.31. The third-order valence-electron chi connectivity index (χ3n) is 4.37. The number of thiazole rings is 1. The van der Waals surface area contributed by atoms with Crippen molar-refractivity contribution in [3.63, 3.8) is 0 Å². The molecular weight excluding hydrogens is 326 g/mol. The Bertz CT molecular complexity index is 760. The summed E-state index contributed by atoms with van der Waals surface area (Å²) in [6.45, 7) is 4.43. The number of aromatic nitrogens is 2. The van der Waals surface area contributed by atoms with Crippen LogP contribution >= 0.6 is 11.3 Å². The van der Waals surface area contributed by atoms with Gasteiger partial charge in [0.2, 0.25) is 5.91 Å². The van der Waals surface area contributed by atoms with Crippen molar-refractivity contribution in [1.82, 2.24) is 14.9 Å². The quantitative estimate of drug-likeness (QED) is 0.916. The number of likely N-dealkylation sites (tertiary alicyclic amines) is 1. The summed E-state index contributed by atoms with van der Waals surface area (Å²) >= 11 is 1.52. The monoisotopic (exact) mass is 345 g/mol. The molecule has 0 unspecified atom stereocenters. The third-order valence-corrected chi connectivity index (χ3v) is 5.44. The van der Waals surface area contributed by atoms with Crippen LogP contribution in [0.1, 0.15) is 27.2 Å². The van der Waals surface area contributed by atoms with Crippen LogP contribution in [0.4, 0.5) is 0 Å². The van der Waals surface area contributed by atoms with Crippen molar-refractivity contribution in [2.45, 2.75) is 26.2 Å². The highest BCUT2D eigenvalue weighted by atomic mass is 32.1. The molecule has 2 aromatic rings. The molecule has 1 amide bonds. The second-order valence-corrected chi connectivity index (χ2v) is 7.31. The minimum absolute atomic E-state index is 0.0496. The van der Waals surface area contributed by atoms with Gasteiger partial charge in [-0.2, -0.15) is 0 Å². The number of rotatable bonds is 4. The van der Waals surface area contributed by atoms with Gasteiger partial charge in [0, 0.05) is 35.8 Å². The van der Waals surface area contributed by atoms with Crippen molar-refractivity contribution in [2.24, 2.45) is 5.92 Å². The Morgan fingerprint density at radius 1 is 1.33 bits per heavy atom. The Labute approximate surface area is 144 Å². The van der Waals surface area contributed by atoms with Gasteiger partial charge in [0.25, 0.3) is 0 Å². The fourth-order valence-corrected chi connectivity index (χ4v) is 4.07. The smallest absolute Gasteiger partial charge is 0.309 e. The van der Waals surface area contributed by atoms with E-state index in [2.05, 4.69) is 9.97 Å². The highest BCUT2D eigenvalue weighted by Gasteiger charge is 2.41. The summed E-state index contributed by atoms with van der Waals surface area (Å²) in [5.41, 5.74) is 1.60. The van der Waals surface area contributed by atoms with Crippen LogP contribution in [0.3, 0.4) is 0 Å². The number of aryl methyl sites for hydroxylation is 2. The lowest BCUT2D eigenvalue weighted by Crippen LogP contribution is -2.31. The normalized spacial score (nSPS) is 20.3. The maximum atomic E-state index is 12.6. The molecule has 3 rings (SSSR count). The van der Waals surface area contributed by atoms with Crippen molar-refractivity contribution >= 4 is 23.2 Å². The predicted molar refractivity (Wildman–Crippen MR) is 90.0 cm³/mol. The molecule has 1 N–H and O–H groups in total. The second-order valence-electron chi connectivity index (χ2n) is 6.02. The maximum absolute atomic E-state index is 12.6. The minimum atomic E-state index is -0.884. The molecule has 1 saturated heterocycles. The van der Waals surface area contributed by atoms with E-state index in [9.17, 15) is 14.7 Å². The lowest BCUT2D eigenvalue weighted by molar-refractivity contribution is -0.141. The molecular formula is C17H19N3O3S. The number of amides is 1. The number of carbonyl (C=O) groups is 2. The van der Waals surface area contributed by atoms with Crippen LogP contribution in [0.5, 0.6) is 0 Å². The van der Waals surface area contributed by atoms with Crippen LogP contribution in [0.2, 0.25) is 0 Å². The molecule has 1 aliphatic heterocycles. The number of aliphatic carboxylic acids is 1. The number of nitrogens with zero attached hydrogens (tertiary/aromatic N) is 3. The molecule has 2 aromatic heterocycles. The zero-order valence-corrected chi connectivity index (χ0v) is 14.4. The van der Waals surface area contributed by atoms with Gasteiger partial charge >= 0.3 is 5.97 Å². The van der Waals surface area contributed by atoms with Crippen LogP contribution in [0.25, 0.3) is 0 Å². The van der Waals surface area contributed by atoms with E-state index in [4.69, 9.17) is 0 Å². The van der Waals surface area contributed by atoms with Crippen LogP contribution < -0.4 is 0 Å². The highest BCUT2D eigenvalue weighted by molar-refractivity contribution is 7.11. The Hall–Kier alpha value is -2.28. The summed E-state index contributed by atoms with van der Waals surface area (Å²) in [4.78, 5) is 35.4. The van der Waals surface area contributed by atoms with Gasteiger partial charge in [-0.25, -0.2) is 4.98 Å². The summed E-state index contributed by atoms with van der Waals surface area (Å²) in [5.74, 6) is -1.82. The van der Waals surface area contributed by atoms with Crippen molar-refractivity contribution in [2.75, 3.05) is 13.1 Å². The lowest BCUT2D eigenvalue weighted by Gasteiger charge is -2.16. The molecule has 24 heavy (non-hydrogen) atoms. The first-order valence-electron chi connectivity index (χ1n) is 7.80. The maximum Gasteiger partial charge on any atom is 0.309 e. The number of carbonyl (C=O) groups excluding carboxylic acids is 1. The van der Waals surface area contributed by atoms with E-state index < -0.39 is 11.9 Å². The van der Waals surface area contributed by atoms with Gasteiger partial charge in [-0.3, -0.25) is 14.6 Å². The van der Waals surface area contributed by atoms with E-state index >= 15 is 0 Å². The highest BCUT2D eigenvalue weighted by Crippen LogP contribution is 2.32. The van der Waals surface area contributed by atoms with Crippen molar-refractivity contribution in [3.05, 3.63) is 45.7 Å². The molecule has 2 atom stereocenters. The Kier molecular flexibility index (Phi) is 4.62. The van der Waals surface area contributed by atoms with Gasteiger partial charge < -0.3 is 10.0 Å². The summed E-state index contributed by atoms with van der Waals surface area (Å²) in [5, 5.41) is 10.4. The van der Waals surface area contributed by atoms with Gasteiger partial charge in [-0.1, -0.05) is 6.07 Å². The molecule has 0 bridgehead atoms. The summed E-state index contributed by atoms with van der Waals surface area (Å²) in [6.07, 6.45) is 1.93. The van der Waals surface area contributed by atoms with Crippen molar-refractivity contribution in [3.8, 4) is 0 Å². The molecule has 3 heterocycles. The Morgan fingerprint density at radius 2 is 2.12 bits per heavy atom. The van der Waals surface area contributed by atoms with E-state index in [0.717, 1.165) is 21.3 Å². The minimum Gasteiger partial charge on any atom is -0.481 e. The zero-order valence-electron chi connectivity index (χ0n) is 13.6.